The number of amides is 1. The largest absolute Gasteiger partial charge is 0.479 e. The third-order valence-corrected chi connectivity index (χ3v) is 4.94. The number of carboxylic acids is 1. The van der Waals surface area contributed by atoms with Crippen molar-refractivity contribution >= 4 is 46.8 Å². The number of morpholine rings is 1. The Bertz CT molecular complexity index is 599. The summed E-state index contributed by atoms with van der Waals surface area (Å²) in [5.41, 5.74) is 0.910. The number of carbonyl (C=O) groups excluding carboxylic acids is 1. The van der Waals surface area contributed by atoms with Crippen molar-refractivity contribution in [3.8, 4) is 0 Å². The highest BCUT2D eigenvalue weighted by Gasteiger charge is 2.32. The molecule has 126 valence electrons. The minimum atomic E-state index is -1.05. The van der Waals surface area contributed by atoms with Crippen LogP contribution >= 0.6 is 35.0 Å². The molecule has 1 N–H and O–H groups in total. The number of benzene rings is 1. The third-order valence-electron chi connectivity index (χ3n) is 3.39. The van der Waals surface area contributed by atoms with E-state index in [0.29, 0.717) is 22.3 Å². The number of halogens is 2. The second-order valence-electron chi connectivity index (χ2n) is 5.30. The molecule has 8 heteroatoms. The van der Waals surface area contributed by atoms with Crippen LogP contribution in [0.1, 0.15) is 12.5 Å². The van der Waals surface area contributed by atoms with Gasteiger partial charge in [-0.25, -0.2) is 4.79 Å². The van der Waals surface area contributed by atoms with Crippen LogP contribution < -0.4 is 0 Å². The summed E-state index contributed by atoms with van der Waals surface area (Å²) in [5.74, 6) is -0.293. The Kier molecular flexibility index (Phi) is 6.59. The Morgan fingerprint density at radius 1 is 1.39 bits per heavy atom. The van der Waals surface area contributed by atoms with E-state index in [4.69, 9.17) is 33.0 Å². The molecule has 1 fully saturated rings. The van der Waals surface area contributed by atoms with Gasteiger partial charge in [-0.2, -0.15) is 0 Å². The molecule has 0 bridgehead atoms. The minimum absolute atomic E-state index is 0.0841. The average molecular weight is 378 g/mol. The number of thioether (sulfide) groups is 1. The molecule has 1 aromatic rings. The zero-order valence-corrected chi connectivity index (χ0v) is 14.8. The first-order chi connectivity index (χ1) is 10.9. The van der Waals surface area contributed by atoms with Crippen molar-refractivity contribution in [2.24, 2.45) is 0 Å². The molecule has 5 nitrogen and oxygen atoms in total. The Balaban J connectivity index is 1.85. The predicted molar refractivity (Wildman–Crippen MR) is 91.2 cm³/mol. The summed E-state index contributed by atoms with van der Waals surface area (Å²) in [4.78, 5) is 24.8. The third kappa shape index (κ3) is 5.28. The summed E-state index contributed by atoms with van der Waals surface area (Å²) in [7, 11) is 0. The maximum Gasteiger partial charge on any atom is 0.334 e. The van der Waals surface area contributed by atoms with Gasteiger partial charge < -0.3 is 14.7 Å². The lowest BCUT2D eigenvalue weighted by Crippen LogP contribution is -2.52. The second kappa shape index (κ2) is 8.24. The van der Waals surface area contributed by atoms with Gasteiger partial charge in [-0.1, -0.05) is 29.3 Å². The predicted octanol–water partition coefficient (Wildman–Crippen LogP) is 2.93. The number of hydrogen-bond donors (Lipinski definition) is 1. The van der Waals surface area contributed by atoms with Crippen LogP contribution in [-0.4, -0.2) is 52.9 Å². The molecule has 1 unspecified atom stereocenters. The lowest BCUT2D eigenvalue weighted by molar-refractivity contribution is -0.165. The van der Waals surface area contributed by atoms with Gasteiger partial charge in [-0.15, -0.1) is 11.8 Å². The van der Waals surface area contributed by atoms with Crippen molar-refractivity contribution < 1.29 is 19.4 Å². The van der Waals surface area contributed by atoms with Gasteiger partial charge in [0.2, 0.25) is 5.91 Å². The smallest absolute Gasteiger partial charge is 0.334 e. The highest BCUT2D eigenvalue weighted by molar-refractivity contribution is 7.99. The molecule has 0 radical (unpaired) electrons. The maximum absolute atomic E-state index is 12.2. The van der Waals surface area contributed by atoms with Crippen LogP contribution in [0.3, 0.4) is 0 Å². The maximum atomic E-state index is 12.2. The van der Waals surface area contributed by atoms with Crippen LogP contribution in [-0.2, 0) is 20.1 Å². The highest BCUT2D eigenvalue weighted by Crippen LogP contribution is 2.25. The molecular weight excluding hydrogens is 361 g/mol. The van der Waals surface area contributed by atoms with Gasteiger partial charge in [0.15, 0.2) is 6.10 Å². The van der Waals surface area contributed by atoms with Crippen LogP contribution in [0.5, 0.6) is 0 Å². The number of rotatable bonds is 5. The molecule has 0 aliphatic carbocycles. The van der Waals surface area contributed by atoms with Gasteiger partial charge in [0.1, 0.15) is 0 Å². The Morgan fingerprint density at radius 3 is 2.78 bits per heavy atom. The fourth-order valence-electron chi connectivity index (χ4n) is 2.27. The molecule has 1 heterocycles. The highest BCUT2D eigenvalue weighted by atomic mass is 35.5. The Morgan fingerprint density at radius 2 is 2.13 bits per heavy atom. The molecule has 23 heavy (non-hydrogen) atoms. The molecule has 0 spiro atoms. The monoisotopic (exact) mass is 377 g/mol. The lowest BCUT2D eigenvalue weighted by Gasteiger charge is -2.34. The van der Waals surface area contributed by atoms with Gasteiger partial charge in [-0.3, -0.25) is 4.79 Å². The van der Waals surface area contributed by atoms with E-state index < -0.39 is 12.1 Å². The van der Waals surface area contributed by atoms with E-state index in [1.165, 1.54) is 11.8 Å². The van der Waals surface area contributed by atoms with Crippen molar-refractivity contribution in [3.05, 3.63) is 33.8 Å². The molecule has 0 saturated carbocycles. The molecule has 1 amide bonds. The van der Waals surface area contributed by atoms with Gasteiger partial charge >= 0.3 is 5.97 Å². The first-order valence-corrected chi connectivity index (χ1v) is 8.95. The van der Waals surface area contributed by atoms with Crippen molar-refractivity contribution in [2.45, 2.75) is 24.9 Å². The van der Waals surface area contributed by atoms with Crippen LogP contribution in [0.25, 0.3) is 0 Å². The summed E-state index contributed by atoms with van der Waals surface area (Å²) >= 11 is 13.4. The summed E-state index contributed by atoms with van der Waals surface area (Å²) in [5, 5.41) is 10.2. The fraction of sp³-hybridized carbons (Fsp3) is 0.467. The SMILES string of the molecule is C[C@@H]1CN(C(=O)CSCc2ccc(Cl)cc2Cl)CC(C(=O)O)O1. The molecule has 2 atom stereocenters. The summed E-state index contributed by atoms with van der Waals surface area (Å²) < 4.78 is 5.30. The van der Waals surface area contributed by atoms with Crippen molar-refractivity contribution in [2.75, 3.05) is 18.8 Å². The molecule has 1 aliphatic rings. The topological polar surface area (TPSA) is 66.8 Å². The number of nitrogens with zero attached hydrogens (tertiary/aromatic N) is 1. The van der Waals surface area contributed by atoms with Crippen molar-refractivity contribution in [1.29, 1.82) is 0 Å². The fourth-order valence-corrected chi connectivity index (χ4v) is 3.76. The zero-order chi connectivity index (χ0) is 17.0. The zero-order valence-electron chi connectivity index (χ0n) is 12.5. The second-order valence-corrected chi connectivity index (χ2v) is 7.13. The molecule has 2 rings (SSSR count). The Hall–Kier alpha value is -0.950. The first-order valence-electron chi connectivity index (χ1n) is 7.04. The molecule has 1 aliphatic heterocycles. The van der Waals surface area contributed by atoms with E-state index in [0.717, 1.165) is 5.56 Å². The van der Waals surface area contributed by atoms with E-state index in [-0.39, 0.29) is 24.3 Å². The van der Waals surface area contributed by atoms with Crippen LogP contribution in [0.15, 0.2) is 18.2 Å². The first kappa shape index (κ1) is 18.4. The van der Waals surface area contributed by atoms with Gasteiger partial charge in [-0.05, 0) is 24.6 Å². The van der Waals surface area contributed by atoms with Gasteiger partial charge in [0, 0.05) is 22.3 Å². The standard InChI is InChI=1S/C15H17Cl2NO4S/c1-9-5-18(6-13(22-9)15(20)21)14(19)8-23-7-10-2-3-11(16)4-12(10)17/h2-4,9,13H,5-8H2,1H3,(H,20,21)/t9-,13?/m1/s1. The van der Waals surface area contributed by atoms with Crippen molar-refractivity contribution in [3.63, 3.8) is 0 Å². The molecule has 1 saturated heterocycles. The van der Waals surface area contributed by atoms with Crippen LogP contribution in [0.4, 0.5) is 0 Å². The summed E-state index contributed by atoms with van der Waals surface area (Å²) in [6.07, 6.45) is -1.25. The quantitative estimate of drug-likeness (QED) is 0.854. The minimum Gasteiger partial charge on any atom is -0.479 e. The molecular formula is C15H17Cl2NO4S. The van der Waals surface area contributed by atoms with E-state index in [9.17, 15) is 9.59 Å². The summed E-state index contributed by atoms with van der Waals surface area (Å²) in [6.45, 7) is 2.25. The van der Waals surface area contributed by atoms with Crippen molar-refractivity contribution in [1.82, 2.24) is 4.90 Å². The van der Waals surface area contributed by atoms with Crippen LogP contribution in [0, 0.1) is 0 Å². The van der Waals surface area contributed by atoms with E-state index in [1.54, 1.807) is 24.0 Å². The molecule has 0 aromatic heterocycles. The normalized spacial score (nSPS) is 21.3. The summed E-state index contributed by atoms with van der Waals surface area (Å²) in [6, 6.07) is 5.26. The van der Waals surface area contributed by atoms with Gasteiger partial charge in [0.25, 0.3) is 0 Å². The van der Waals surface area contributed by atoms with E-state index >= 15 is 0 Å². The van der Waals surface area contributed by atoms with E-state index in [1.807, 2.05) is 6.07 Å². The number of ether oxygens (including phenoxy) is 1. The number of hydrogen-bond acceptors (Lipinski definition) is 4. The molecule has 1 aromatic carbocycles. The number of aliphatic carboxylic acids is 1. The number of carbonyl (C=O) groups is 2. The Labute approximate surface area is 148 Å². The average Bonchev–Trinajstić information content (AvgIpc) is 2.48. The number of carboxylic acid groups (broad SMARTS) is 1. The van der Waals surface area contributed by atoms with Gasteiger partial charge in [0.05, 0.1) is 18.4 Å². The van der Waals surface area contributed by atoms with Crippen LogP contribution in [0.2, 0.25) is 10.0 Å². The lowest BCUT2D eigenvalue weighted by atomic mass is 10.2. The van der Waals surface area contributed by atoms with E-state index in [2.05, 4.69) is 0 Å².